The molecule has 140 valence electrons. The Morgan fingerprint density at radius 3 is 2.67 bits per heavy atom. The number of aromatic nitrogens is 3. The largest absolute Gasteiger partial charge is 0.383 e. The van der Waals surface area contributed by atoms with Crippen LogP contribution in [0, 0.1) is 6.92 Å². The van der Waals surface area contributed by atoms with Gasteiger partial charge in [-0.3, -0.25) is 9.69 Å². The molecule has 7 nitrogen and oxygen atoms in total. The molecule has 0 spiro atoms. The molecular formula is C19H22N6OS. The van der Waals surface area contributed by atoms with Crippen LogP contribution in [-0.2, 0) is 17.8 Å². The number of piperazine rings is 1. The van der Waals surface area contributed by atoms with Crippen LogP contribution in [0.2, 0.25) is 0 Å². The minimum absolute atomic E-state index is 0.145. The zero-order chi connectivity index (χ0) is 18.8. The summed E-state index contributed by atoms with van der Waals surface area (Å²) in [5.41, 5.74) is 7.80. The Labute approximate surface area is 161 Å². The standard InChI is InChI=1S/C19H22N6OS/c1-13-21-14(12-27-13)10-18(26)25-8-6-24(7-9-25)11-17-22-16-5-3-2-4-15(16)19(20)23-17/h2-5,12H,6-11H2,1H3,(H2,20,22,23). The Kier molecular flexibility index (Phi) is 5.00. The fourth-order valence-corrected chi connectivity index (χ4v) is 3.95. The third-order valence-corrected chi connectivity index (χ3v) is 5.59. The van der Waals surface area contributed by atoms with Crippen molar-refractivity contribution in [2.45, 2.75) is 19.9 Å². The van der Waals surface area contributed by atoms with Crippen LogP contribution >= 0.6 is 11.3 Å². The average molecular weight is 382 g/mol. The molecule has 1 saturated heterocycles. The molecule has 0 radical (unpaired) electrons. The zero-order valence-corrected chi connectivity index (χ0v) is 16.1. The second-order valence-corrected chi connectivity index (χ2v) is 7.80. The Morgan fingerprint density at radius 1 is 1.15 bits per heavy atom. The van der Waals surface area contributed by atoms with Gasteiger partial charge in [-0.2, -0.15) is 0 Å². The van der Waals surface area contributed by atoms with Crippen molar-refractivity contribution in [2.75, 3.05) is 31.9 Å². The molecule has 0 aliphatic carbocycles. The first kappa shape index (κ1) is 17.8. The van der Waals surface area contributed by atoms with Gasteiger partial charge in [-0.05, 0) is 19.1 Å². The number of nitrogens with zero attached hydrogens (tertiary/aromatic N) is 5. The van der Waals surface area contributed by atoms with Crippen molar-refractivity contribution in [3.8, 4) is 0 Å². The average Bonchev–Trinajstić information content (AvgIpc) is 3.07. The lowest BCUT2D eigenvalue weighted by atomic mass is 10.2. The number of nitrogens with two attached hydrogens (primary N) is 1. The van der Waals surface area contributed by atoms with Gasteiger partial charge in [0.2, 0.25) is 5.91 Å². The van der Waals surface area contributed by atoms with Gasteiger partial charge < -0.3 is 10.6 Å². The van der Waals surface area contributed by atoms with Crippen LogP contribution in [0.15, 0.2) is 29.6 Å². The van der Waals surface area contributed by atoms with Crippen molar-refractivity contribution in [1.82, 2.24) is 24.8 Å². The molecule has 4 rings (SSSR count). The summed E-state index contributed by atoms with van der Waals surface area (Å²) in [4.78, 5) is 30.1. The van der Waals surface area contributed by atoms with E-state index in [2.05, 4.69) is 19.9 Å². The SMILES string of the molecule is Cc1nc(CC(=O)N2CCN(Cc3nc(N)c4ccccc4n3)CC2)cs1. The molecule has 1 aromatic carbocycles. The molecule has 3 heterocycles. The number of rotatable bonds is 4. The molecule has 1 fully saturated rings. The van der Waals surface area contributed by atoms with Crippen LogP contribution in [0.25, 0.3) is 10.9 Å². The van der Waals surface area contributed by atoms with Gasteiger partial charge in [0, 0.05) is 36.9 Å². The maximum atomic E-state index is 12.5. The number of nitrogen functional groups attached to an aromatic ring is 1. The highest BCUT2D eigenvalue weighted by molar-refractivity contribution is 7.09. The van der Waals surface area contributed by atoms with Gasteiger partial charge in [0.25, 0.3) is 0 Å². The molecule has 3 aromatic rings. The maximum Gasteiger partial charge on any atom is 0.228 e. The molecule has 1 amide bonds. The number of fused-ring (bicyclic) bond motifs is 1. The molecule has 2 aromatic heterocycles. The Bertz CT molecular complexity index is 964. The monoisotopic (exact) mass is 382 g/mol. The van der Waals surface area contributed by atoms with Crippen LogP contribution in [0.4, 0.5) is 5.82 Å². The van der Waals surface area contributed by atoms with Crippen molar-refractivity contribution < 1.29 is 4.79 Å². The van der Waals surface area contributed by atoms with Gasteiger partial charge in [0.15, 0.2) is 0 Å². The Balaban J connectivity index is 1.35. The summed E-state index contributed by atoms with van der Waals surface area (Å²) in [6.45, 7) is 5.63. The zero-order valence-electron chi connectivity index (χ0n) is 15.3. The van der Waals surface area contributed by atoms with Crippen LogP contribution < -0.4 is 5.73 Å². The summed E-state index contributed by atoms with van der Waals surface area (Å²) in [5.74, 6) is 1.39. The summed E-state index contributed by atoms with van der Waals surface area (Å²) >= 11 is 1.58. The number of hydrogen-bond acceptors (Lipinski definition) is 7. The Hall–Kier alpha value is -2.58. The van der Waals surface area contributed by atoms with Gasteiger partial charge in [-0.1, -0.05) is 12.1 Å². The number of aryl methyl sites for hydroxylation is 1. The van der Waals surface area contributed by atoms with E-state index in [9.17, 15) is 4.79 Å². The predicted molar refractivity (Wildman–Crippen MR) is 106 cm³/mol. The molecule has 0 saturated carbocycles. The first-order valence-electron chi connectivity index (χ1n) is 9.01. The van der Waals surface area contributed by atoms with Crippen LogP contribution in [-0.4, -0.2) is 56.8 Å². The van der Waals surface area contributed by atoms with Gasteiger partial charge in [0.1, 0.15) is 11.6 Å². The van der Waals surface area contributed by atoms with E-state index in [0.29, 0.717) is 31.9 Å². The van der Waals surface area contributed by atoms with Crippen LogP contribution in [0.5, 0.6) is 0 Å². The van der Waals surface area contributed by atoms with E-state index < -0.39 is 0 Å². The normalized spacial score (nSPS) is 15.4. The van der Waals surface area contributed by atoms with Crippen molar-refractivity contribution in [3.63, 3.8) is 0 Å². The fraction of sp³-hybridized carbons (Fsp3) is 0.368. The van der Waals surface area contributed by atoms with Gasteiger partial charge >= 0.3 is 0 Å². The maximum absolute atomic E-state index is 12.5. The van der Waals surface area contributed by atoms with E-state index in [1.54, 1.807) is 11.3 Å². The number of carbonyl (C=O) groups is 1. The summed E-state index contributed by atoms with van der Waals surface area (Å²) < 4.78 is 0. The molecule has 1 aliphatic heterocycles. The van der Waals surface area contributed by atoms with Crippen molar-refractivity contribution in [3.05, 3.63) is 46.2 Å². The van der Waals surface area contributed by atoms with Crippen LogP contribution in [0.1, 0.15) is 16.5 Å². The van der Waals surface area contributed by atoms with Crippen molar-refractivity contribution >= 4 is 34.0 Å². The van der Waals surface area contributed by atoms with E-state index in [0.717, 1.165) is 40.5 Å². The van der Waals surface area contributed by atoms with Gasteiger partial charge in [-0.25, -0.2) is 15.0 Å². The molecular weight excluding hydrogens is 360 g/mol. The summed E-state index contributed by atoms with van der Waals surface area (Å²) in [7, 11) is 0. The number of para-hydroxylation sites is 1. The number of hydrogen-bond donors (Lipinski definition) is 1. The van der Waals surface area contributed by atoms with Crippen molar-refractivity contribution in [2.24, 2.45) is 0 Å². The molecule has 27 heavy (non-hydrogen) atoms. The molecule has 0 atom stereocenters. The minimum Gasteiger partial charge on any atom is -0.383 e. The molecule has 8 heteroatoms. The Morgan fingerprint density at radius 2 is 1.93 bits per heavy atom. The molecule has 2 N–H and O–H groups in total. The van der Waals surface area contributed by atoms with E-state index in [4.69, 9.17) is 5.73 Å². The highest BCUT2D eigenvalue weighted by Crippen LogP contribution is 2.18. The van der Waals surface area contributed by atoms with Crippen LogP contribution in [0.3, 0.4) is 0 Å². The lowest BCUT2D eigenvalue weighted by Crippen LogP contribution is -2.48. The highest BCUT2D eigenvalue weighted by atomic mass is 32.1. The van der Waals surface area contributed by atoms with E-state index in [1.807, 2.05) is 41.5 Å². The number of anilines is 1. The lowest BCUT2D eigenvalue weighted by molar-refractivity contribution is -0.132. The third-order valence-electron chi connectivity index (χ3n) is 4.77. The first-order chi connectivity index (χ1) is 13.1. The number of thiazole rings is 1. The first-order valence-corrected chi connectivity index (χ1v) is 9.89. The predicted octanol–water partition coefficient (Wildman–Crippen LogP) is 1.86. The second kappa shape index (κ2) is 7.58. The van der Waals surface area contributed by atoms with E-state index in [-0.39, 0.29) is 5.91 Å². The number of amides is 1. The topological polar surface area (TPSA) is 88.2 Å². The number of carbonyl (C=O) groups excluding carboxylic acids is 1. The quantitative estimate of drug-likeness (QED) is 0.741. The summed E-state index contributed by atoms with van der Waals surface area (Å²) in [6, 6.07) is 7.77. The van der Waals surface area contributed by atoms with E-state index in [1.165, 1.54) is 0 Å². The highest BCUT2D eigenvalue weighted by Gasteiger charge is 2.22. The fourth-order valence-electron chi connectivity index (χ4n) is 3.33. The van der Waals surface area contributed by atoms with Gasteiger partial charge in [0.05, 0.1) is 29.2 Å². The third kappa shape index (κ3) is 4.06. The number of benzene rings is 1. The molecule has 1 aliphatic rings. The minimum atomic E-state index is 0.145. The molecule has 0 bridgehead atoms. The lowest BCUT2D eigenvalue weighted by Gasteiger charge is -2.34. The van der Waals surface area contributed by atoms with Crippen molar-refractivity contribution in [1.29, 1.82) is 0 Å². The van der Waals surface area contributed by atoms with Gasteiger partial charge in [-0.15, -0.1) is 11.3 Å². The summed E-state index contributed by atoms with van der Waals surface area (Å²) in [5, 5.41) is 3.84. The molecule has 0 unspecified atom stereocenters. The smallest absolute Gasteiger partial charge is 0.228 e. The second-order valence-electron chi connectivity index (χ2n) is 6.73. The van der Waals surface area contributed by atoms with E-state index >= 15 is 0 Å². The summed E-state index contributed by atoms with van der Waals surface area (Å²) in [6.07, 6.45) is 0.384.